The summed E-state index contributed by atoms with van der Waals surface area (Å²) in [6, 6.07) is 17.1. The Morgan fingerprint density at radius 1 is 1.13 bits per heavy atom. The first kappa shape index (κ1) is 15.3. The van der Waals surface area contributed by atoms with Crippen molar-refractivity contribution in [3.05, 3.63) is 66.2 Å². The minimum Gasteiger partial charge on any atom is -0.497 e. The summed E-state index contributed by atoms with van der Waals surface area (Å²) in [5, 5.41) is 9.47. The number of carbonyl (C=O) groups is 1. The predicted octanol–water partition coefficient (Wildman–Crippen LogP) is 2.73. The van der Waals surface area contributed by atoms with Gasteiger partial charge >= 0.3 is 0 Å². The van der Waals surface area contributed by atoms with Crippen LogP contribution in [0.2, 0.25) is 0 Å². The molecule has 0 aromatic heterocycles. The highest BCUT2D eigenvalue weighted by Gasteiger charge is 2.46. The smallest absolute Gasteiger partial charge is 0.235 e. The Labute approximate surface area is 135 Å². The van der Waals surface area contributed by atoms with Gasteiger partial charge in [0.25, 0.3) is 0 Å². The Kier molecular flexibility index (Phi) is 4.44. The first-order valence-electron chi connectivity index (χ1n) is 7.56. The highest BCUT2D eigenvalue weighted by molar-refractivity contribution is 6.04. The molecule has 1 saturated heterocycles. The van der Waals surface area contributed by atoms with Gasteiger partial charge in [-0.2, -0.15) is 0 Å². The number of anilines is 1. The lowest BCUT2D eigenvalue weighted by atomic mass is 9.86. The molecule has 1 amide bonds. The molecule has 0 spiro atoms. The molecule has 23 heavy (non-hydrogen) atoms. The number of benzene rings is 2. The van der Waals surface area contributed by atoms with E-state index in [2.05, 4.69) is 0 Å². The summed E-state index contributed by atoms with van der Waals surface area (Å²) in [5.41, 5.74) is 1.88. The fourth-order valence-electron chi connectivity index (χ4n) is 2.79. The molecule has 0 aliphatic carbocycles. The van der Waals surface area contributed by atoms with E-state index in [1.54, 1.807) is 12.0 Å². The summed E-state index contributed by atoms with van der Waals surface area (Å²) in [6.45, 7) is -0.144. The number of aliphatic hydroxyl groups excluding tert-OH is 1. The van der Waals surface area contributed by atoms with E-state index in [1.807, 2.05) is 66.7 Å². The van der Waals surface area contributed by atoms with Crippen LogP contribution in [0, 0.1) is 5.92 Å². The summed E-state index contributed by atoms with van der Waals surface area (Å²) in [6.07, 6.45) is 3.96. The lowest BCUT2D eigenvalue weighted by Gasteiger charge is -2.45. The van der Waals surface area contributed by atoms with E-state index in [9.17, 15) is 9.90 Å². The highest BCUT2D eigenvalue weighted by atomic mass is 16.5. The standard InChI is InChI=1S/C19H19NO3/c1-23-16-10-8-15(9-11-16)20-18(17(13-21)19(20)22)12-7-14-5-3-2-4-6-14/h2-12,17-18,21H,13H2,1H3/b12-7+/t17-,18+/m1/s1. The maximum atomic E-state index is 12.3. The van der Waals surface area contributed by atoms with Crippen molar-refractivity contribution < 1.29 is 14.6 Å². The number of rotatable bonds is 5. The summed E-state index contributed by atoms with van der Waals surface area (Å²) >= 11 is 0. The predicted molar refractivity (Wildman–Crippen MR) is 90.3 cm³/mol. The van der Waals surface area contributed by atoms with Crippen molar-refractivity contribution >= 4 is 17.7 Å². The number of hydrogen-bond acceptors (Lipinski definition) is 3. The Balaban J connectivity index is 1.83. The molecule has 0 saturated carbocycles. The monoisotopic (exact) mass is 309 g/mol. The average Bonchev–Trinajstić information content (AvgIpc) is 2.60. The quantitative estimate of drug-likeness (QED) is 0.864. The summed E-state index contributed by atoms with van der Waals surface area (Å²) in [7, 11) is 1.61. The molecular weight excluding hydrogens is 290 g/mol. The zero-order valence-corrected chi connectivity index (χ0v) is 12.9. The first-order valence-corrected chi connectivity index (χ1v) is 7.56. The van der Waals surface area contributed by atoms with Crippen LogP contribution < -0.4 is 9.64 Å². The molecule has 3 rings (SSSR count). The van der Waals surface area contributed by atoms with E-state index < -0.39 is 0 Å². The molecule has 4 nitrogen and oxygen atoms in total. The lowest BCUT2D eigenvalue weighted by Crippen LogP contribution is -2.61. The van der Waals surface area contributed by atoms with Crippen molar-refractivity contribution in [3.8, 4) is 5.75 Å². The Morgan fingerprint density at radius 3 is 2.43 bits per heavy atom. The van der Waals surface area contributed by atoms with Crippen molar-refractivity contribution in [2.45, 2.75) is 6.04 Å². The first-order chi connectivity index (χ1) is 11.2. The molecule has 1 aliphatic rings. The van der Waals surface area contributed by atoms with Gasteiger partial charge in [-0.05, 0) is 29.8 Å². The maximum Gasteiger partial charge on any atom is 0.235 e. The lowest BCUT2D eigenvalue weighted by molar-refractivity contribution is -0.130. The third kappa shape index (κ3) is 2.98. The van der Waals surface area contributed by atoms with Gasteiger partial charge in [-0.1, -0.05) is 42.5 Å². The van der Waals surface area contributed by atoms with E-state index in [1.165, 1.54) is 0 Å². The number of nitrogens with zero attached hydrogens (tertiary/aromatic N) is 1. The molecular formula is C19H19NO3. The molecule has 0 unspecified atom stereocenters. The van der Waals surface area contributed by atoms with Crippen LogP contribution >= 0.6 is 0 Å². The zero-order valence-electron chi connectivity index (χ0n) is 12.9. The normalized spacial score (nSPS) is 20.6. The van der Waals surface area contributed by atoms with Gasteiger partial charge in [0.15, 0.2) is 0 Å². The number of carbonyl (C=O) groups excluding carboxylic acids is 1. The van der Waals surface area contributed by atoms with Crippen molar-refractivity contribution in [2.24, 2.45) is 5.92 Å². The Hall–Kier alpha value is -2.59. The summed E-state index contributed by atoms with van der Waals surface area (Å²) < 4.78 is 5.14. The van der Waals surface area contributed by atoms with Gasteiger partial charge in [-0.15, -0.1) is 0 Å². The second-order valence-electron chi connectivity index (χ2n) is 5.46. The van der Waals surface area contributed by atoms with Gasteiger partial charge < -0.3 is 14.7 Å². The van der Waals surface area contributed by atoms with Crippen LogP contribution in [-0.2, 0) is 4.79 Å². The number of ether oxygens (including phenoxy) is 1. The van der Waals surface area contributed by atoms with E-state index >= 15 is 0 Å². The van der Waals surface area contributed by atoms with Gasteiger partial charge in [-0.3, -0.25) is 4.79 Å². The third-order valence-corrected chi connectivity index (χ3v) is 4.10. The van der Waals surface area contributed by atoms with E-state index in [4.69, 9.17) is 4.74 Å². The van der Waals surface area contributed by atoms with Crippen LogP contribution in [0.1, 0.15) is 5.56 Å². The van der Waals surface area contributed by atoms with Gasteiger partial charge in [0.05, 0.1) is 25.7 Å². The van der Waals surface area contributed by atoms with Crippen molar-refractivity contribution in [1.29, 1.82) is 0 Å². The SMILES string of the molecule is COc1ccc(N2C(=O)[C@H](CO)[C@@H]2/C=C/c2ccccc2)cc1. The maximum absolute atomic E-state index is 12.3. The van der Waals surface area contributed by atoms with Crippen molar-refractivity contribution in [2.75, 3.05) is 18.6 Å². The molecule has 1 N–H and O–H groups in total. The van der Waals surface area contributed by atoms with Crippen LogP contribution in [0.5, 0.6) is 5.75 Å². The minimum absolute atomic E-state index is 0.0552. The summed E-state index contributed by atoms with van der Waals surface area (Å²) in [5.74, 6) is 0.314. The molecule has 1 heterocycles. The minimum atomic E-state index is -0.378. The largest absolute Gasteiger partial charge is 0.497 e. The third-order valence-electron chi connectivity index (χ3n) is 4.10. The highest BCUT2D eigenvalue weighted by Crippen LogP contribution is 2.34. The van der Waals surface area contributed by atoms with Gasteiger partial charge in [-0.25, -0.2) is 0 Å². The van der Waals surface area contributed by atoms with Gasteiger partial charge in [0.2, 0.25) is 5.91 Å². The van der Waals surface area contributed by atoms with E-state index in [0.29, 0.717) is 0 Å². The molecule has 4 heteroatoms. The van der Waals surface area contributed by atoms with Crippen molar-refractivity contribution in [3.63, 3.8) is 0 Å². The van der Waals surface area contributed by atoms with Gasteiger partial charge in [0, 0.05) is 5.69 Å². The molecule has 2 aromatic carbocycles. The zero-order chi connectivity index (χ0) is 16.2. The second-order valence-corrected chi connectivity index (χ2v) is 5.46. The Bertz CT molecular complexity index is 694. The van der Waals surface area contributed by atoms with Crippen LogP contribution in [0.3, 0.4) is 0 Å². The topological polar surface area (TPSA) is 49.8 Å². The van der Waals surface area contributed by atoms with Gasteiger partial charge in [0.1, 0.15) is 5.75 Å². The fourth-order valence-corrected chi connectivity index (χ4v) is 2.79. The van der Waals surface area contributed by atoms with Crippen LogP contribution in [0.15, 0.2) is 60.7 Å². The summed E-state index contributed by atoms with van der Waals surface area (Å²) in [4.78, 5) is 14.0. The molecule has 1 fully saturated rings. The number of hydrogen-bond donors (Lipinski definition) is 1. The number of β-lactam (4-membered cyclic amide) rings is 1. The molecule has 118 valence electrons. The molecule has 0 radical (unpaired) electrons. The van der Waals surface area contributed by atoms with Crippen LogP contribution in [0.4, 0.5) is 5.69 Å². The van der Waals surface area contributed by atoms with Crippen LogP contribution in [-0.4, -0.2) is 30.8 Å². The number of amides is 1. The van der Waals surface area contributed by atoms with E-state index in [0.717, 1.165) is 17.0 Å². The number of aliphatic hydroxyl groups is 1. The number of methoxy groups -OCH3 is 1. The second kappa shape index (κ2) is 6.67. The van der Waals surface area contributed by atoms with Crippen molar-refractivity contribution in [1.82, 2.24) is 0 Å². The molecule has 0 bridgehead atoms. The Morgan fingerprint density at radius 2 is 1.83 bits per heavy atom. The van der Waals surface area contributed by atoms with E-state index in [-0.39, 0.29) is 24.5 Å². The fraction of sp³-hybridized carbons (Fsp3) is 0.211. The molecule has 2 atom stereocenters. The average molecular weight is 309 g/mol. The van der Waals surface area contributed by atoms with Crippen LogP contribution in [0.25, 0.3) is 6.08 Å². The molecule has 1 aliphatic heterocycles. The molecule has 2 aromatic rings.